The van der Waals surface area contributed by atoms with E-state index in [4.69, 9.17) is 9.88 Å². The average molecular weight is 343 g/mol. The number of ether oxygens (including phenoxy) is 1. The van der Waals surface area contributed by atoms with Gasteiger partial charge in [-0.1, -0.05) is 6.07 Å². The van der Waals surface area contributed by atoms with E-state index in [9.17, 15) is 8.42 Å². The van der Waals surface area contributed by atoms with E-state index < -0.39 is 10.0 Å². The summed E-state index contributed by atoms with van der Waals surface area (Å²) in [4.78, 5) is 3.85. The normalized spacial score (nSPS) is 11.3. The minimum absolute atomic E-state index is 0.0529. The number of nitrogens with two attached hydrogens (primary N) is 1. The van der Waals surface area contributed by atoms with Crippen LogP contribution in [-0.2, 0) is 10.0 Å². The number of benzene rings is 1. The van der Waals surface area contributed by atoms with Crippen LogP contribution in [0.3, 0.4) is 0 Å². The minimum atomic E-state index is -3.73. The fourth-order valence-electron chi connectivity index (χ4n) is 1.40. The van der Waals surface area contributed by atoms with Crippen molar-refractivity contribution in [2.24, 2.45) is 5.14 Å². The summed E-state index contributed by atoms with van der Waals surface area (Å²) in [6.45, 7) is 1.97. The van der Waals surface area contributed by atoms with Crippen molar-refractivity contribution < 1.29 is 13.2 Å². The van der Waals surface area contributed by atoms with Crippen LogP contribution in [0.5, 0.6) is 11.6 Å². The Morgan fingerprint density at radius 2 is 2.00 bits per heavy atom. The molecule has 0 amide bonds. The summed E-state index contributed by atoms with van der Waals surface area (Å²) >= 11 is 3.38. The second-order valence-corrected chi connectivity index (χ2v) is 6.33. The molecule has 100 valence electrons. The minimum Gasteiger partial charge on any atom is -0.438 e. The molecule has 2 rings (SSSR count). The maximum atomic E-state index is 11.1. The predicted octanol–water partition coefficient (Wildman–Crippen LogP) is 2.59. The standard InChI is InChI=1S/C12H11BrN2O3S/c1-8-2-4-11(10(13)6-8)18-12-5-3-9(7-15-12)19(14,16)17/h2-7H,1H3,(H2,14,16,17). The van der Waals surface area contributed by atoms with Gasteiger partial charge in [-0.05, 0) is 46.6 Å². The summed E-state index contributed by atoms with van der Waals surface area (Å²) in [5.74, 6) is 0.887. The van der Waals surface area contributed by atoms with E-state index in [1.54, 1.807) is 6.07 Å². The first-order chi connectivity index (χ1) is 8.86. The van der Waals surface area contributed by atoms with Crippen molar-refractivity contribution in [3.63, 3.8) is 0 Å². The topological polar surface area (TPSA) is 82.3 Å². The highest BCUT2D eigenvalue weighted by atomic mass is 79.9. The molecule has 0 aliphatic rings. The lowest BCUT2D eigenvalue weighted by molar-refractivity contribution is 0.459. The molecule has 0 radical (unpaired) electrons. The molecule has 1 heterocycles. The lowest BCUT2D eigenvalue weighted by Gasteiger charge is -2.07. The van der Waals surface area contributed by atoms with Gasteiger partial charge >= 0.3 is 0 Å². The van der Waals surface area contributed by atoms with Gasteiger partial charge < -0.3 is 4.74 Å². The molecule has 0 saturated carbocycles. The number of aryl methyl sites for hydroxylation is 1. The molecule has 2 aromatic rings. The predicted molar refractivity (Wildman–Crippen MR) is 74.6 cm³/mol. The van der Waals surface area contributed by atoms with Crippen LogP contribution in [0, 0.1) is 6.92 Å². The van der Waals surface area contributed by atoms with E-state index in [0.29, 0.717) is 5.75 Å². The molecule has 0 saturated heterocycles. The Labute approximate surface area is 119 Å². The largest absolute Gasteiger partial charge is 0.438 e. The molecule has 1 aromatic heterocycles. The van der Waals surface area contributed by atoms with Crippen molar-refractivity contribution in [3.05, 3.63) is 46.6 Å². The molecule has 0 atom stereocenters. The molecule has 19 heavy (non-hydrogen) atoms. The van der Waals surface area contributed by atoms with Gasteiger partial charge in [-0.15, -0.1) is 0 Å². The maximum Gasteiger partial charge on any atom is 0.239 e. The first-order valence-electron chi connectivity index (χ1n) is 5.29. The highest BCUT2D eigenvalue weighted by Crippen LogP contribution is 2.29. The summed E-state index contributed by atoms with van der Waals surface area (Å²) in [6.07, 6.45) is 1.16. The third kappa shape index (κ3) is 3.52. The van der Waals surface area contributed by atoms with E-state index in [0.717, 1.165) is 16.2 Å². The van der Waals surface area contributed by atoms with E-state index in [1.165, 1.54) is 12.1 Å². The summed E-state index contributed by atoms with van der Waals surface area (Å²) in [5.41, 5.74) is 1.09. The molecule has 5 nitrogen and oxygen atoms in total. The maximum absolute atomic E-state index is 11.1. The number of halogens is 1. The Morgan fingerprint density at radius 1 is 1.26 bits per heavy atom. The molecule has 2 N–H and O–H groups in total. The fraction of sp³-hybridized carbons (Fsp3) is 0.0833. The van der Waals surface area contributed by atoms with Crippen molar-refractivity contribution in [3.8, 4) is 11.6 Å². The number of primary sulfonamides is 1. The lowest BCUT2D eigenvalue weighted by atomic mass is 10.2. The molecule has 0 aliphatic heterocycles. The molecule has 0 aliphatic carbocycles. The van der Waals surface area contributed by atoms with E-state index >= 15 is 0 Å². The lowest BCUT2D eigenvalue weighted by Crippen LogP contribution is -2.12. The Balaban J connectivity index is 2.25. The number of aromatic nitrogens is 1. The van der Waals surface area contributed by atoms with Gasteiger partial charge in [0.25, 0.3) is 0 Å². The Hall–Kier alpha value is -1.44. The van der Waals surface area contributed by atoms with Crippen molar-refractivity contribution in [1.29, 1.82) is 0 Å². The van der Waals surface area contributed by atoms with Gasteiger partial charge in [0, 0.05) is 6.07 Å². The van der Waals surface area contributed by atoms with Crippen LogP contribution in [0.25, 0.3) is 0 Å². The van der Waals surface area contributed by atoms with E-state index in [2.05, 4.69) is 20.9 Å². The van der Waals surface area contributed by atoms with Gasteiger partial charge in [0.15, 0.2) is 0 Å². The molecule has 0 spiro atoms. The van der Waals surface area contributed by atoms with Gasteiger partial charge in [0.1, 0.15) is 10.6 Å². The van der Waals surface area contributed by atoms with Gasteiger partial charge in [0.05, 0.1) is 10.7 Å². The number of pyridine rings is 1. The molecule has 0 unspecified atom stereocenters. The Bertz CT molecular complexity index is 699. The highest BCUT2D eigenvalue weighted by Gasteiger charge is 2.09. The zero-order chi connectivity index (χ0) is 14.0. The van der Waals surface area contributed by atoms with Crippen LogP contribution >= 0.6 is 15.9 Å². The summed E-state index contributed by atoms with van der Waals surface area (Å²) in [7, 11) is -3.73. The number of hydrogen-bond donors (Lipinski definition) is 1. The van der Waals surface area contributed by atoms with E-state index in [1.807, 2.05) is 19.1 Å². The molecule has 1 aromatic carbocycles. The first kappa shape index (κ1) is 14.0. The Kier molecular flexibility index (Phi) is 3.88. The third-order valence-electron chi connectivity index (χ3n) is 2.34. The highest BCUT2D eigenvalue weighted by molar-refractivity contribution is 9.10. The quantitative estimate of drug-likeness (QED) is 0.929. The monoisotopic (exact) mass is 342 g/mol. The Morgan fingerprint density at radius 3 is 2.53 bits per heavy atom. The van der Waals surface area contributed by atoms with Crippen molar-refractivity contribution in [2.45, 2.75) is 11.8 Å². The van der Waals surface area contributed by atoms with E-state index in [-0.39, 0.29) is 10.8 Å². The van der Waals surface area contributed by atoms with Crippen LogP contribution < -0.4 is 9.88 Å². The summed E-state index contributed by atoms with van der Waals surface area (Å²) in [5, 5.41) is 4.98. The molecule has 7 heteroatoms. The third-order valence-corrected chi connectivity index (χ3v) is 3.86. The summed E-state index contributed by atoms with van der Waals surface area (Å²) in [6, 6.07) is 8.41. The van der Waals surface area contributed by atoms with Crippen molar-refractivity contribution in [2.75, 3.05) is 0 Å². The fourth-order valence-corrected chi connectivity index (χ4v) is 2.43. The SMILES string of the molecule is Cc1ccc(Oc2ccc(S(N)(=O)=O)cn2)c(Br)c1. The van der Waals surface area contributed by atoms with Gasteiger partial charge in [0.2, 0.25) is 15.9 Å². The number of hydrogen-bond acceptors (Lipinski definition) is 4. The zero-order valence-electron chi connectivity index (χ0n) is 10.00. The molecule has 0 fully saturated rings. The van der Waals surface area contributed by atoms with Crippen LogP contribution in [-0.4, -0.2) is 13.4 Å². The van der Waals surface area contributed by atoms with Crippen LogP contribution in [0.1, 0.15) is 5.56 Å². The average Bonchev–Trinajstić information content (AvgIpc) is 2.32. The number of nitrogens with zero attached hydrogens (tertiary/aromatic N) is 1. The smallest absolute Gasteiger partial charge is 0.239 e. The second kappa shape index (κ2) is 5.28. The molecular formula is C12H11BrN2O3S. The van der Waals surface area contributed by atoms with Crippen LogP contribution in [0.15, 0.2) is 45.9 Å². The summed E-state index contributed by atoms with van der Waals surface area (Å²) < 4.78 is 28.5. The van der Waals surface area contributed by atoms with Gasteiger partial charge in [-0.2, -0.15) is 0 Å². The van der Waals surface area contributed by atoms with Gasteiger partial charge in [-0.3, -0.25) is 0 Å². The first-order valence-corrected chi connectivity index (χ1v) is 7.63. The molecular weight excluding hydrogens is 332 g/mol. The number of sulfonamides is 1. The second-order valence-electron chi connectivity index (χ2n) is 3.91. The zero-order valence-corrected chi connectivity index (χ0v) is 12.4. The van der Waals surface area contributed by atoms with Crippen molar-refractivity contribution >= 4 is 26.0 Å². The van der Waals surface area contributed by atoms with Crippen LogP contribution in [0.2, 0.25) is 0 Å². The van der Waals surface area contributed by atoms with Crippen molar-refractivity contribution in [1.82, 2.24) is 4.98 Å². The van der Waals surface area contributed by atoms with Gasteiger partial charge in [-0.25, -0.2) is 18.5 Å². The number of rotatable bonds is 3. The van der Waals surface area contributed by atoms with Crippen LogP contribution in [0.4, 0.5) is 0 Å². The molecule has 0 bridgehead atoms.